The van der Waals surface area contributed by atoms with Gasteiger partial charge in [-0.1, -0.05) is 24.3 Å². The first kappa shape index (κ1) is 18.0. The number of nitrogens with zero attached hydrogens (tertiary/aromatic N) is 2. The van der Waals surface area contributed by atoms with Gasteiger partial charge in [0.15, 0.2) is 0 Å². The predicted molar refractivity (Wildman–Crippen MR) is 89.4 cm³/mol. The van der Waals surface area contributed by atoms with Crippen LogP contribution in [-0.2, 0) is 15.9 Å². The molecule has 0 amide bonds. The minimum absolute atomic E-state index is 0.422. The topological polar surface area (TPSA) is 36.3 Å². The zero-order chi connectivity index (χ0) is 18.5. The van der Waals surface area contributed by atoms with E-state index in [-0.39, 0.29) is 0 Å². The van der Waals surface area contributed by atoms with Gasteiger partial charge in [0.1, 0.15) is 6.54 Å². The molecular weight excluding hydrogens is 332 g/mol. The third-order valence-corrected chi connectivity index (χ3v) is 4.74. The largest absolute Gasteiger partial charge is 0.494 e. The first-order valence-electron chi connectivity index (χ1n) is 8.02. The fraction of sp³-hybridized carbons (Fsp3) is 0.471. The van der Waals surface area contributed by atoms with Gasteiger partial charge in [-0.2, -0.15) is 18.3 Å². The Bertz CT molecular complexity index is 738. The Balaban J connectivity index is 1.75. The van der Waals surface area contributed by atoms with Gasteiger partial charge in [-0.25, -0.2) is 0 Å². The van der Waals surface area contributed by atoms with Crippen molar-refractivity contribution in [2.75, 3.05) is 0 Å². The summed E-state index contributed by atoms with van der Waals surface area (Å²) >= 11 is 0. The lowest BCUT2D eigenvalue weighted by Gasteiger charge is -2.32. The number of benzene rings is 1. The summed E-state index contributed by atoms with van der Waals surface area (Å²) in [6.07, 6.45) is -1.48. The van der Waals surface area contributed by atoms with E-state index in [0.29, 0.717) is 5.56 Å². The van der Waals surface area contributed by atoms with Crippen LogP contribution in [0.5, 0.6) is 0 Å². The highest BCUT2D eigenvalue weighted by Crippen LogP contribution is 2.36. The van der Waals surface area contributed by atoms with Crippen LogP contribution in [-0.4, -0.2) is 34.3 Å². The van der Waals surface area contributed by atoms with Crippen molar-refractivity contribution >= 4 is 12.6 Å². The van der Waals surface area contributed by atoms with Crippen molar-refractivity contribution in [3.8, 4) is 11.1 Å². The fourth-order valence-electron chi connectivity index (χ4n) is 2.59. The number of rotatable bonds is 3. The third kappa shape index (κ3) is 3.74. The summed E-state index contributed by atoms with van der Waals surface area (Å²) in [5.41, 5.74) is 1.44. The summed E-state index contributed by atoms with van der Waals surface area (Å²) in [6, 6.07) is 7.38. The van der Waals surface area contributed by atoms with E-state index in [0.717, 1.165) is 15.7 Å². The molecule has 0 bridgehead atoms. The molecule has 2 heterocycles. The molecule has 1 saturated heterocycles. The Labute approximate surface area is 145 Å². The van der Waals surface area contributed by atoms with Crippen LogP contribution in [0.3, 0.4) is 0 Å². The molecule has 134 valence electrons. The molecule has 4 nitrogen and oxygen atoms in total. The highest BCUT2D eigenvalue weighted by molar-refractivity contribution is 6.62. The van der Waals surface area contributed by atoms with Gasteiger partial charge in [0.25, 0.3) is 0 Å². The van der Waals surface area contributed by atoms with Gasteiger partial charge in [0, 0.05) is 11.8 Å². The Morgan fingerprint density at radius 1 is 1.00 bits per heavy atom. The molecule has 8 heteroatoms. The van der Waals surface area contributed by atoms with Crippen molar-refractivity contribution in [1.29, 1.82) is 0 Å². The molecule has 0 spiro atoms. The fourth-order valence-corrected chi connectivity index (χ4v) is 2.59. The number of halogens is 3. The Morgan fingerprint density at radius 2 is 1.56 bits per heavy atom. The average molecular weight is 352 g/mol. The first-order valence-corrected chi connectivity index (χ1v) is 8.02. The van der Waals surface area contributed by atoms with E-state index in [9.17, 15) is 13.2 Å². The van der Waals surface area contributed by atoms with Crippen molar-refractivity contribution in [3.63, 3.8) is 0 Å². The zero-order valence-electron chi connectivity index (χ0n) is 14.6. The Kier molecular flexibility index (Phi) is 4.24. The van der Waals surface area contributed by atoms with Crippen molar-refractivity contribution in [3.05, 3.63) is 36.7 Å². The minimum atomic E-state index is -4.29. The van der Waals surface area contributed by atoms with E-state index in [2.05, 4.69) is 5.10 Å². The number of hydrogen-bond acceptors (Lipinski definition) is 3. The maximum absolute atomic E-state index is 12.4. The van der Waals surface area contributed by atoms with Crippen LogP contribution in [0.2, 0.25) is 0 Å². The van der Waals surface area contributed by atoms with Crippen LogP contribution in [0.4, 0.5) is 13.2 Å². The van der Waals surface area contributed by atoms with E-state index in [1.54, 1.807) is 0 Å². The lowest BCUT2D eigenvalue weighted by molar-refractivity contribution is -0.142. The van der Waals surface area contributed by atoms with Crippen molar-refractivity contribution in [2.24, 2.45) is 0 Å². The maximum atomic E-state index is 12.4. The van der Waals surface area contributed by atoms with E-state index in [1.165, 1.54) is 12.4 Å². The van der Waals surface area contributed by atoms with Gasteiger partial charge in [0.2, 0.25) is 0 Å². The summed E-state index contributed by atoms with van der Waals surface area (Å²) in [7, 11) is -0.466. The molecule has 0 radical (unpaired) electrons. The first-order chi connectivity index (χ1) is 11.5. The van der Waals surface area contributed by atoms with Gasteiger partial charge in [-0.15, -0.1) is 0 Å². The summed E-state index contributed by atoms with van der Waals surface area (Å²) in [5.74, 6) is 0. The van der Waals surface area contributed by atoms with Crippen molar-refractivity contribution < 1.29 is 22.5 Å². The monoisotopic (exact) mass is 352 g/mol. The van der Waals surface area contributed by atoms with Crippen LogP contribution in [0.25, 0.3) is 11.1 Å². The predicted octanol–water partition coefficient (Wildman–Crippen LogP) is 3.41. The Morgan fingerprint density at radius 3 is 2.08 bits per heavy atom. The molecule has 1 fully saturated rings. The second-order valence-electron chi connectivity index (χ2n) is 7.25. The van der Waals surface area contributed by atoms with E-state index in [4.69, 9.17) is 9.31 Å². The molecule has 3 rings (SSSR count). The normalized spacial score (nSPS) is 19.4. The number of hydrogen-bond donors (Lipinski definition) is 0. The van der Waals surface area contributed by atoms with Gasteiger partial charge >= 0.3 is 13.3 Å². The Hall–Kier alpha value is -1.80. The number of aromatic nitrogens is 2. The quantitative estimate of drug-likeness (QED) is 0.795. The summed E-state index contributed by atoms with van der Waals surface area (Å²) < 4.78 is 50.1. The SMILES string of the molecule is CC1(C)OB(c2ccc(-c3cnn(CC(F)(F)F)c3)cc2)OC1(C)C. The second kappa shape index (κ2) is 5.88. The van der Waals surface area contributed by atoms with Gasteiger partial charge in [-0.05, 0) is 38.7 Å². The molecule has 25 heavy (non-hydrogen) atoms. The van der Waals surface area contributed by atoms with Crippen LogP contribution in [0, 0.1) is 0 Å². The maximum Gasteiger partial charge on any atom is 0.494 e. The molecule has 1 aliphatic rings. The number of alkyl halides is 3. The summed E-state index contributed by atoms with van der Waals surface area (Å²) in [5, 5.41) is 3.76. The zero-order valence-corrected chi connectivity index (χ0v) is 14.6. The second-order valence-corrected chi connectivity index (χ2v) is 7.25. The molecule has 0 saturated carbocycles. The van der Waals surface area contributed by atoms with E-state index < -0.39 is 31.0 Å². The molecule has 1 aromatic carbocycles. The lowest BCUT2D eigenvalue weighted by Crippen LogP contribution is -2.41. The molecule has 1 aromatic heterocycles. The molecule has 0 unspecified atom stereocenters. The minimum Gasteiger partial charge on any atom is -0.399 e. The molecule has 1 aliphatic heterocycles. The molecular formula is C17H20BF3N2O2. The summed E-state index contributed by atoms with van der Waals surface area (Å²) in [6.45, 7) is 6.83. The average Bonchev–Trinajstić information content (AvgIpc) is 3.00. The summed E-state index contributed by atoms with van der Waals surface area (Å²) in [4.78, 5) is 0. The van der Waals surface area contributed by atoms with Crippen LogP contribution >= 0.6 is 0 Å². The highest BCUT2D eigenvalue weighted by Gasteiger charge is 2.51. The third-order valence-electron chi connectivity index (χ3n) is 4.74. The standard InChI is InChI=1S/C17H20BF3N2O2/c1-15(2)16(3,4)25-18(24-15)14-7-5-12(6-8-14)13-9-22-23(10-13)11-17(19,20)21/h5-10H,11H2,1-4H3. The van der Waals surface area contributed by atoms with Crippen LogP contribution < -0.4 is 5.46 Å². The van der Waals surface area contributed by atoms with Gasteiger partial charge < -0.3 is 9.31 Å². The van der Waals surface area contributed by atoms with Crippen LogP contribution in [0.1, 0.15) is 27.7 Å². The molecule has 0 atom stereocenters. The smallest absolute Gasteiger partial charge is 0.399 e. The van der Waals surface area contributed by atoms with Gasteiger partial charge in [-0.3, -0.25) is 4.68 Å². The van der Waals surface area contributed by atoms with Crippen LogP contribution in [0.15, 0.2) is 36.7 Å². The van der Waals surface area contributed by atoms with E-state index in [1.807, 2.05) is 52.0 Å². The van der Waals surface area contributed by atoms with Crippen molar-refractivity contribution in [2.45, 2.75) is 51.6 Å². The molecule has 0 aliphatic carbocycles. The molecule has 0 N–H and O–H groups in total. The van der Waals surface area contributed by atoms with Crippen molar-refractivity contribution in [1.82, 2.24) is 9.78 Å². The van der Waals surface area contributed by atoms with E-state index >= 15 is 0 Å². The molecule has 2 aromatic rings. The highest BCUT2D eigenvalue weighted by atomic mass is 19.4. The van der Waals surface area contributed by atoms with Gasteiger partial charge in [0.05, 0.1) is 17.4 Å². The lowest BCUT2D eigenvalue weighted by atomic mass is 9.78.